The molecule has 0 aromatic heterocycles. The molecule has 0 bridgehead atoms. The van der Waals surface area contributed by atoms with Gasteiger partial charge in [-0.3, -0.25) is 0 Å². The summed E-state index contributed by atoms with van der Waals surface area (Å²) in [7, 11) is 0. The molecular formula is C16H18. The van der Waals surface area contributed by atoms with Crippen LogP contribution in [0.2, 0.25) is 0 Å². The third kappa shape index (κ3) is 1.88. The zero-order valence-electron chi connectivity index (χ0n) is 10.5. The quantitative estimate of drug-likeness (QED) is 0.646. The number of rotatable bonds is 1. The van der Waals surface area contributed by atoms with Gasteiger partial charge < -0.3 is 0 Å². The Bertz CT molecular complexity index is 504. The summed E-state index contributed by atoms with van der Waals surface area (Å²) >= 11 is 0. The summed E-state index contributed by atoms with van der Waals surface area (Å²) in [6, 6.07) is 13.2. The van der Waals surface area contributed by atoms with Crippen LogP contribution in [0.5, 0.6) is 0 Å². The summed E-state index contributed by atoms with van der Waals surface area (Å²) in [5.41, 5.74) is 8.13. The Labute approximate surface area is 97.9 Å². The molecule has 0 spiro atoms. The first-order chi connectivity index (χ1) is 7.59. The smallest absolute Gasteiger partial charge is 0.0152 e. The second kappa shape index (κ2) is 4.13. The van der Waals surface area contributed by atoms with Gasteiger partial charge in [0.05, 0.1) is 0 Å². The van der Waals surface area contributed by atoms with E-state index >= 15 is 0 Å². The topological polar surface area (TPSA) is 0 Å². The zero-order chi connectivity index (χ0) is 11.7. The van der Waals surface area contributed by atoms with Crippen LogP contribution in [0.3, 0.4) is 0 Å². The molecule has 0 aliphatic carbocycles. The first kappa shape index (κ1) is 10.9. The maximum atomic E-state index is 2.22. The fourth-order valence-electron chi connectivity index (χ4n) is 2.00. The lowest BCUT2D eigenvalue weighted by atomic mass is 9.94. The Morgan fingerprint density at radius 2 is 1.25 bits per heavy atom. The van der Waals surface area contributed by atoms with E-state index in [2.05, 4.69) is 64.1 Å². The molecule has 0 heterocycles. The fraction of sp³-hybridized carbons (Fsp3) is 0.250. The van der Waals surface area contributed by atoms with Crippen molar-refractivity contribution >= 4 is 0 Å². The molecule has 0 heteroatoms. The van der Waals surface area contributed by atoms with Gasteiger partial charge in [-0.2, -0.15) is 0 Å². The van der Waals surface area contributed by atoms with E-state index in [0.717, 1.165) is 0 Å². The second-order valence-electron chi connectivity index (χ2n) is 4.55. The highest BCUT2D eigenvalue weighted by Crippen LogP contribution is 2.27. The summed E-state index contributed by atoms with van der Waals surface area (Å²) in [6.45, 7) is 8.69. The molecule has 0 fully saturated rings. The number of benzene rings is 2. The minimum Gasteiger partial charge on any atom is -0.0587 e. The fourth-order valence-corrected chi connectivity index (χ4v) is 2.00. The Morgan fingerprint density at radius 3 is 1.88 bits per heavy atom. The predicted molar refractivity (Wildman–Crippen MR) is 70.8 cm³/mol. The Morgan fingerprint density at radius 1 is 0.625 bits per heavy atom. The van der Waals surface area contributed by atoms with Crippen LogP contribution in [0.4, 0.5) is 0 Å². The van der Waals surface area contributed by atoms with Crippen molar-refractivity contribution in [3.05, 3.63) is 58.7 Å². The molecule has 0 aliphatic heterocycles. The maximum absolute atomic E-state index is 2.22. The summed E-state index contributed by atoms with van der Waals surface area (Å²) in [5, 5.41) is 0. The van der Waals surface area contributed by atoms with E-state index in [4.69, 9.17) is 0 Å². The Balaban J connectivity index is 2.57. The second-order valence-corrected chi connectivity index (χ2v) is 4.55. The summed E-state index contributed by atoms with van der Waals surface area (Å²) in [4.78, 5) is 0. The lowest BCUT2D eigenvalue weighted by Crippen LogP contribution is -1.90. The van der Waals surface area contributed by atoms with Crippen molar-refractivity contribution < 1.29 is 0 Å². The van der Waals surface area contributed by atoms with E-state index in [0.29, 0.717) is 0 Å². The van der Waals surface area contributed by atoms with Gasteiger partial charge in [0.2, 0.25) is 0 Å². The average molecular weight is 210 g/mol. The molecule has 2 aromatic rings. The normalized spacial score (nSPS) is 10.5. The van der Waals surface area contributed by atoms with E-state index in [1.165, 1.54) is 33.4 Å². The molecule has 0 nitrogen and oxygen atoms in total. The van der Waals surface area contributed by atoms with Crippen LogP contribution in [-0.2, 0) is 0 Å². The van der Waals surface area contributed by atoms with Gasteiger partial charge in [-0.05, 0) is 55.5 Å². The first-order valence-electron chi connectivity index (χ1n) is 5.73. The SMILES string of the molecule is Cc1ccc(-c2ccc(C)c(C)c2C)cc1. The van der Waals surface area contributed by atoms with Gasteiger partial charge in [0.25, 0.3) is 0 Å². The van der Waals surface area contributed by atoms with Crippen LogP contribution < -0.4 is 0 Å². The van der Waals surface area contributed by atoms with Crippen molar-refractivity contribution in [3.63, 3.8) is 0 Å². The van der Waals surface area contributed by atoms with E-state index in [-0.39, 0.29) is 0 Å². The lowest BCUT2D eigenvalue weighted by molar-refractivity contribution is 1.27. The van der Waals surface area contributed by atoms with Gasteiger partial charge in [-0.1, -0.05) is 42.0 Å². The number of hydrogen-bond acceptors (Lipinski definition) is 0. The summed E-state index contributed by atoms with van der Waals surface area (Å²) in [5.74, 6) is 0. The minimum atomic E-state index is 1.31. The number of aryl methyl sites for hydroxylation is 2. The van der Waals surface area contributed by atoms with Crippen molar-refractivity contribution in [2.45, 2.75) is 27.7 Å². The van der Waals surface area contributed by atoms with E-state index in [9.17, 15) is 0 Å². The van der Waals surface area contributed by atoms with Crippen LogP contribution in [0.15, 0.2) is 36.4 Å². The van der Waals surface area contributed by atoms with Gasteiger partial charge in [0.1, 0.15) is 0 Å². The van der Waals surface area contributed by atoms with Crippen LogP contribution >= 0.6 is 0 Å². The molecule has 0 amide bonds. The largest absolute Gasteiger partial charge is 0.0587 e. The molecule has 0 aliphatic rings. The van der Waals surface area contributed by atoms with Gasteiger partial charge in [0, 0.05) is 0 Å². The molecule has 82 valence electrons. The molecular weight excluding hydrogens is 192 g/mol. The Hall–Kier alpha value is -1.56. The molecule has 2 rings (SSSR count). The summed E-state index contributed by atoms with van der Waals surface area (Å²) < 4.78 is 0. The highest BCUT2D eigenvalue weighted by atomic mass is 14.1. The minimum absolute atomic E-state index is 1.31. The zero-order valence-corrected chi connectivity index (χ0v) is 10.5. The molecule has 0 saturated carbocycles. The van der Waals surface area contributed by atoms with Crippen molar-refractivity contribution in [3.8, 4) is 11.1 Å². The van der Waals surface area contributed by atoms with Gasteiger partial charge in [0.15, 0.2) is 0 Å². The average Bonchev–Trinajstić information content (AvgIpc) is 2.28. The van der Waals surface area contributed by atoms with E-state index in [1.54, 1.807) is 0 Å². The van der Waals surface area contributed by atoms with Crippen molar-refractivity contribution in [2.24, 2.45) is 0 Å². The lowest BCUT2D eigenvalue weighted by Gasteiger charge is -2.11. The van der Waals surface area contributed by atoms with Gasteiger partial charge >= 0.3 is 0 Å². The van der Waals surface area contributed by atoms with Crippen molar-refractivity contribution in [1.29, 1.82) is 0 Å². The maximum Gasteiger partial charge on any atom is -0.0152 e. The van der Waals surface area contributed by atoms with Crippen molar-refractivity contribution in [1.82, 2.24) is 0 Å². The molecule has 0 saturated heterocycles. The number of hydrogen-bond donors (Lipinski definition) is 0. The third-order valence-corrected chi connectivity index (χ3v) is 3.42. The van der Waals surface area contributed by atoms with Crippen LogP contribution in [0.1, 0.15) is 22.3 Å². The highest BCUT2D eigenvalue weighted by molar-refractivity contribution is 5.69. The van der Waals surface area contributed by atoms with Gasteiger partial charge in [-0.25, -0.2) is 0 Å². The third-order valence-electron chi connectivity index (χ3n) is 3.42. The van der Waals surface area contributed by atoms with Crippen LogP contribution in [0, 0.1) is 27.7 Å². The highest BCUT2D eigenvalue weighted by Gasteiger charge is 2.05. The molecule has 0 atom stereocenters. The molecule has 0 unspecified atom stereocenters. The van der Waals surface area contributed by atoms with E-state index in [1.807, 2.05) is 0 Å². The monoisotopic (exact) mass is 210 g/mol. The molecule has 16 heavy (non-hydrogen) atoms. The summed E-state index contributed by atoms with van der Waals surface area (Å²) in [6.07, 6.45) is 0. The standard InChI is InChI=1S/C16H18/c1-11-5-8-15(9-6-11)16-10-7-12(2)13(3)14(16)4/h5-10H,1-4H3. The molecule has 0 N–H and O–H groups in total. The predicted octanol–water partition coefficient (Wildman–Crippen LogP) is 4.59. The van der Waals surface area contributed by atoms with Gasteiger partial charge in [-0.15, -0.1) is 0 Å². The van der Waals surface area contributed by atoms with E-state index < -0.39 is 0 Å². The van der Waals surface area contributed by atoms with Crippen LogP contribution in [-0.4, -0.2) is 0 Å². The van der Waals surface area contributed by atoms with Crippen molar-refractivity contribution in [2.75, 3.05) is 0 Å². The van der Waals surface area contributed by atoms with Crippen LogP contribution in [0.25, 0.3) is 11.1 Å². The molecule has 2 aromatic carbocycles. The first-order valence-corrected chi connectivity index (χ1v) is 5.73. The molecule has 0 radical (unpaired) electrons. The Kier molecular flexibility index (Phi) is 2.82.